The van der Waals surface area contributed by atoms with E-state index >= 15 is 4.39 Å². The number of halogens is 1. The number of pyridine rings is 2. The van der Waals surface area contributed by atoms with E-state index in [1.165, 1.54) is 13.2 Å². The number of carbonyl (C=O) groups excluding carboxylic acids is 1. The molecule has 1 aliphatic rings. The Morgan fingerprint density at radius 2 is 2.09 bits per heavy atom. The third-order valence-electron chi connectivity index (χ3n) is 6.13. The molecule has 1 aliphatic heterocycles. The number of hydrogen-bond donors (Lipinski definition) is 1. The molecule has 3 aromatic heterocycles. The molecule has 0 aromatic carbocycles. The summed E-state index contributed by atoms with van der Waals surface area (Å²) in [6.07, 6.45) is 3.59. The third-order valence-corrected chi connectivity index (χ3v) is 6.13. The van der Waals surface area contributed by atoms with E-state index in [0.29, 0.717) is 30.0 Å². The van der Waals surface area contributed by atoms with Gasteiger partial charge >= 0.3 is 6.01 Å². The van der Waals surface area contributed by atoms with Gasteiger partial charge in [0.25, 0.3) is 0 Å². The molecule has 1 atom stereocenters. The number of rotatable bonds is 5. The topological polar surface area (TPSA) is 110 Å². The summed E-state index contributed by atoms with van der Waals surface area (Å²) in [7, 11) is 3.28. The number of methoxy groups -OCH3 is 1. The summed E-state index contributed by atoms with van der Waals surface area (Å²) >= 11 is 0. The minimum Gasteiger partial charge on any atom is -0.467 e. The van der Waals surface area contributed by atoms with Crippen LogP contribution < -0.4 is 15.4 Å². The van der Waals surface area contributed by atoms with Crippen LogP contribution in [-0.2, 0) is 4.79 Å². The minimum absolute atomic E-state index is 0.0140. The second kappa shape index (κ2) is 8.61. The van der Waals surface area contributed by atoms with Gasteiger partial charge in [0, 0.05) is 32.4 Å². The lowest BCUT2D eigenvalue weighted by Crippen LogP contribution is -2.36. The van der Waals surface area contributed by atoms with Crippen LogP contribution in [0.4, 0.5) is 16.0 Å². The largest absolute Gasteiger partial charge is 0.467 e. The monoisotopic (exact) mass is 451 g/mol. The van der Waals surface area contributed by atoms with Gasteiger partial charge in [0.05, 0.1) is 18.2 Å². The lowest BCUT2D eigenvalue weighted by molar-refractivity contribution is -0.125. The molecule has 0 spiro atoms. The van der Waals surface area contributed by atoms with Gasteiger partial charge in [-0.3, -0.25) is 9.78 Å². The fourth-order valence-corrected chi connectivity index (χ4v) is 4.10. The smallest absolute Gasteiger partial charge is 0.318 e. The van der Waals surface area contributed by atoms with Crippen molar-refractivity contribution in [3.63, 3.8) is 0 Å². The molecule has 172 valence electrons. The second-order valence-corrected chi connectivity index (χ2v) is 8.10. The molecular weight excluding hydrogens is 425 g/mol. The molecule has 33 heavy (non-hydrogen) atoms. The number of likely N-dealkylation sites (N-methyl/N-ethyl adjacent to an activating group) is 1. The van der Waals surface area contributed by atoms with E-state index < -0.39 is 5.82 Å². The van der Waals surface area contributed by atoms with Gasteiger partial charge in [-0.1, -0.05) is 6.58 Å². The van der Waals surface area contributed by atoms with Crippen LogP contribution in [0.25, 0.3) is 22.3 Å². The van der Waals surface area contributed by atoms with Crippen LogP contribution >= 0.6 is 0 Å². The lowest BCUT2D eigenvalue weighted by atomic mass is 10.1. The second-order valence-electron chi connectivity index (χ2n) is 8.10. The number of ether oxygens (including phenoxy) is 1. The Bertz CT molecular complexity index is 1260. The molecule has 1 unspecified atom stereocenters. The quantitative estimate of drug-likeness (QED) is 0.590. The van der Waals surface area contributed by atoms with Gasteiger partial charge in [0.1, 0.15) is 22.8 Å². The highest BCUT2D eigenvalue weighted by atomic mass is 19.1. The van der Waals surface area contributed by atoms with Crippen molar-refractivity contribution in [2.45, 2.75) is 26.3 Å². The Hall–Kier alpha value is -3.82. The van der Waals surface area contributed by atoms with E-state index in [1.54, 1.807) is 17.2 Å². The number of aryl methyl sites for hydroxylation is 1. The number of nitrogens with zero attached hydrogens (tertiary/aromatic N) is 6. The third kappa shape index (κ3) is 3.92. The van der Waals surface area contributed by atoms with Gasteiger partial charge in [0.2, 0.25) is 5.91 Å². The Morgan fingerprint density at radius 3 is 2.79 bits per heavy atom. The van der Waals surface area contributed by atoms with E-state index in [1.807, 2.05) is 25.8 Å². The van der Waals surface area contributed by atoms with Crippen molar-refractivity contribution in [2.75, 3.05) is 37.9 Å². The first-order chi connectivity index (χ1) is 15.7. The highest BCUT2D eigenvalue weighted by molar-refractivity contribution is 5.92. The van der Waals surface area contributed by atoms with Gasteiger partial charge in [-0.15, -0.1) is 0 Å². The SMILES string of the molecule is C=CC(=O)N1CCC(N(C)c2nc(OC)nc3c(F)c(-c4nc(N)cc(C)c4C)ncc23)C1. The predicted molar refractivity (Wildman–Crippen MR) is 125 cm³/mol. The minimum atomic E-state index is -0.627. The summed E-state index contributed by atoms with van der Waals surface area (Å²) < 4.78 is 21.0. The molecule has 1 saturated heterocycles. The summed E-state index contributed by atoms with van der Waals surface area (Å²) in [6, 6.07) is 1.75. The Balaban J connectivity index is 1.82. The maximum absolute atomic E-state index is 15.8. The van der Waals surface area contributed by atoms with Crippen LogP contribution in [0, 0.1) is 19.7 Å². The number of aromatic nitrogens is 4. The van der Waals surface area contributed by atoms with Gasteiger partial charge in [0.15, 0.2) is 5.82 Å². The number of anilines is 2. The van der Waals surface area contributed by atoms with Crippen molar-refractivity contribution in [3.05, 3.63) is 41.9 Å². The van der Waals surface area contributed by atoms with Crippen molar-refractivity contribution in [2.24, 2.45) is 0 Å². The number of carbonyl (C=O) groups is 1. The molecular formula is C23H26FN7O2. The van der Waals surface area contributed by atoms with Gasteiger partial charge in [-0.05, 0) is 43.5 Å². The van der Waals surface area contributed by atoms with Crippen molar-refractivity contribution in [1.82, 2.24) is 24.8 Å². The zero-order valence-electron chi connectivity index (χ0n) is 19.1. The number of nitrogen functional groups attached to an aromatic ring is 1. The van der Waals surface area contributed by atoms with E-state index in [4.69, 9.17) is 10.5 Å². The van der Waals surface area contributed by atoms with E-state index in [0.717, 1.165) is 17.5 Å². The first-order valence-corrected chi connectivity index (χ1v) is 10.5. The Labute approximate surface area is 191 Å². The zero-order valence-corrected chi connectivity index (χ0v) is 19.1. The molecule has 0 aliphatic carbocycles. The van der Waals surface area contributed by atoms with Crippen molar-refractivity contribution in [1.29, 1.82) is 0 Å². The standard InChI is InChI=1S/C23H26FN7O2/c1-6-17(32)31-8-7-14(11-31)30(4)22-15-10-26-21(18(24)20(15)28-23(29-22)33-5)19-13(3)12(2)9-16(25)27-19/h6,9-10,14H,1,7-8,11H2,2-5H3,(H2,25,27). The predicted octanol–water partition coefficient (Wildman–Crippen LogP) is 2.66. The van der Waals surface area contributed by atoms with E-state index in [-0.39, 0.29) is 35.0 Å². The highest BCUT2D eigenvalue weighted by Crippen LogP contribution is 2.34. The molecule has 4 rings (SSSR count). The maximum atomic E-state index is 15.8. The summed E-state index contributed by atoms with van der Waals surface area (Å²) in [6.45, 7) is 8.40. The first-order valence-electron chi connectivity index (χ1n) is 10.5. The highest BCUT2D eigenvalue weighted by Gasteiger charge is 2.30. The van der Waals surface area contributed by atoms with Gasteiger partial charge in [-0.25, -0.2) is 9.37 Å². The fraction of sp³-hybridized carbons (Fsp3) is 0.348. The van der Waals surface area contributed by atoms with Crippen LogP contribution in [0.15, 0.2) is 24.9 Å². The van der Waals surface area contributed by atoms with E-state index in [9.17, 15) is 4.79 Å². The molecule has 0 bridgehead atoms. The van der Waals surface area contributed by atoms with Gasteiger partial charge < -0.3 is 20.3 Å². The zero-order chi connectivity index (χ0) is 23.9. The van der Waals surface area contributed by atoms with Crippen molar-refractivity contribution in [3.8, 4) is 17.4 Å². The summed E-state index contributed by atoms with van der Waals surface area (Å²) in [5.74, 6) is 0.0168. The molecule has 1 amide bonds. The van der Waals surface area contributed by atoms with Crippen LogP contribution in [0.5, 0.6) is 6.01 Å². The summed E-state index contributed by atoms with van der Waals surface area (Å²) in [5, 5.41) is 0.436. The number of nitrogens with two attached hydrogens (primary N) is 1. The molecule has 1 fully saturated rings. The first kappa shape index (κ1) is 22.4. The number of amides is 1. The van der Waals surface area contributed by atoms with Crippen molar-refractivity contribution < 1.29 is 13.9 Å². The Kier molecular flexibility index (Phi) is 5.84. The van der Waals surface area contributed by atoms with Crippen LogP contribution in [-0.4, -0.2) is 64.0 Å². The molecule has 4 heterocycles. The molecule has 0 saturated carbocycles. The average molecular weight is 452 g/mol. The van der Waals surface area contributed by atoms with Crippen LogP contribution in [0.1, 0.15) is 17.5 Å². The average Bonchev–Trinajstić information content (AvgIpc) is 3.30. The maximum Gasteiger partial charge on any atom is 0.318 e. The molecule has 9 nitrogen and oxygen atoms in total. The fourth-order valence-electron chi connectivity index (χ4n) is 4.10. The van der Waals surface area contributed by atoms with E-state index in [2.05, 4.69) is 26.5 Å². The summed E-state index contributed by atoms with van der Waals surface area (Å²) in [4.78, 5) is 33.1. The van der Waals surface area contributed by atoms with Crippen molar-refractivity contribution >= 4 is 28.4 Å². The normalized spacial score (nSPS) is 15.7. The van der Waals surface area contributed by atoms with Gasteiger partial charge in [-0.2, -0.15) is 9.97 Å². The number of fused-ring (bicyclic) bond motifs is 1. The summed E-state index contributed by atoms with van der Waals surface area (Å²) in [5.41, 5.74) is 8.08. The molecule has 10 heteroatoms. The molecule has 3 aromatic rings. The number of likely N-dealkylation sites (tertiary alicyclic amines) is 1. The lowest BCUT2D eigenvalue weighted by Gasteiger charge is -2.27. The Morgan fingerprint density at radius 1 is 1.33 bits per heavy atom. The number of hydrogen-bond acceptors (Lipinski definition) is 8. The molecule has 2 N–H and O–H groups in total. The van der Waals surface area contributed by atoms with Crippen LogP contribution in [0.2, 0.25) is 0 Å². The van der Waals surface area contributed by atoms with Crippen LogP contribution in [0.3, 0.4) is 0 Å². The molecule has 0 radical (unpaired) electrons.